The Morgan fingerprint density at radius 1 is 1.35 bits per heavy atom. The highest BCUT2D eigenvalue weighted by Crippen LogP contribution is 2.20. The van der Waals surface area contributed by atoms with Crippen molar-refractivity contribution in [2.75, 3.05) is 13.1 Å². The fraction of sp³-hybridized carbons (Fsp3) is 0.588. The van der Waals surface area contributed by atoms with E-state index < -0.39 is 0 Å². The van der Waals surface area contributed by atoms with Crippen LogP contribution in [0.5, 0.6) is 0 Å². The van der Waals surface area contributed by atoms with E-state index in [1.165, 1.54) is 4.68 Å². The Labute approximate surface area is 165 Å². The Hall–Kier alpha value is -1.57. The average molecular weight is 404 g/mol. The Morgan fingerprint density at radius 3 is 2.73 bits per heavy atom. The van der Waals surface area contributed by atoms with E-state index in [4.69, 9.17) is 0 Å². The van der Waals surface area contributed by atoms with Crippen LogP contribution in [-0.2, 0) is 18.3 Å². The molecule has 0 aromatic carbocycles. The first-order valence-corrected chi connectivity index (χ1v) is 8.52. The van der Waals surface area contributed by atoms with Gasteiger partial charge in [0.15, 0.2) is 5.65 Å². The lowest BCUT2D eigenvalue weighted by molar-refractivity contribution is -0.121. The van der Waals surface area contributed by atoms with Gasteiger partial charge in [-0.15, -0.1) is 24.8 Å². The second-order valence-electron chi connectivity index (χ2n) is 6.61. The molecule has 0 saturated carbocycles. The van der Waals surface area contributed by atoms with Gasteiger partial charge in [0.2, 0.25) is 5.91 Å². The van der Waals surface area contributed by atoms with Crippen molar-refractivity contribution in [1.29, 1.82) is 0 Å². The number of carbonyl (C=O) groups excluding carboxylic acids is 1. The molecule has 0 unspecified atom stereocenters. The zero-order chi connectivity index (χ0) is 17.3. The number of carbonyl (C=O) groups is 1. The first-order valence-electron chi connectivity index (χ1n) is 8.52. The van der Waals surface area contributed by atoms with Gasteiger partial charge in [0.1, 0.15) is 0 Å². The van der Waals surface area contributed by atoms with Crippen molar-refractivity contribution < 1.29 is 4.79 Å². The first kappa shape index (κ1) is 22.5. The normalized spacial score (nSPS) is 16.7. The molecule has 1 aliphatic heterocycles. The van der Waals surface area contributed by atoms with Crippen LogP contribution in [0.1, 0.15) is 36.1 Å². The lowest BCUT2D eigenvalue weighted by Crippen LogP contribution is -2.45. The van der Waals surface area contributed by atoms with Crippen molar-refractivity contribution in [1.82, 2.24) is 25.4 Å². The molecule has 3 rings (SSSR count). The zero-order valence-corrected chi connectivity index (χ0v) is 17.0. The highest BCUT2D eigenvalue weighted by Gasteiger charge is 2.18. The molecule has 7 nitrogen and oxygen atoms in total. The summed E-state index contributed by atoms with van der Waals surface area (Å²) in [6.45, 7) is 5.74. The molecule has 1 atom stereocenters. The molecule has 1 amide bonds. The predicted molar refractivity (Wildman–Crippen MR) is 108 cm³/mol. The second kappa shape index (κ2) is 9.39. The fourth-order valence-electron chi connectivity index (χ4n) is 3.49. The van der Waals surface area contributed by atoms with Gasteiger partial charge in [-0.1, -0.05) is 0 Å². The van der Waals surface area contributed by atoms with E-state index in [9.17, 15) is 9.59 Å². The van der Waals surface area contributed by atoms with Crippen LogP contribution < -0.4 is 16.2 Å². The minimum Gasteiger partial charge on any atom is -0.352 e. The highest BCUT2D eigenvalue weighted by molar-refractivity contribution is 5.85. The molecular weight excluding hydrogens is 377 g/mol. The van der Waals surface area contributed by atoms with Gasteiger partial charge in [-0.2, -0.15) is 0 Å². The third kappa shape index (κ3) is 4.58. The molecule has 1 saturated heterocycles. The smallest absolute Gasteiger partial charge is 0.276 e. The highest BCUT2D eigenvalue weighted by atomic mass is 35.5. The molecule has 0 spiro atoms. The summed E-state index contributed by atoms with van der Waals surface area (Å²) in [6, 6.07) is 0.228. The summed E-state index contributed by atoms with van der Waals surface area (Å²) in [5, 5.41) is 9.96. The Bertz CT molecular complexity index is 825. The lowest BCUT2D eigenvalue weighted by atomic mass is 10.00. The van der Waals surface area contributed by atoms with Gasteiger partial charge in [-0.05, 0) is 50.8 Å². The standard InChI is InChI=1S/C17H25N5O2.2ClH/c1-10-13(6-7-14(23)20-12-5-4-8-18-9-12)11(2)19-16-15(10)17(24)22(3)21-16;;/h12,18H,4-9H2,1-3H3,(H,19,21)(H,20,23);2*1H/t12-;;/m0../s1. The van der Waals surface area contributed by atoms with Crippen LogP contribution in [0.2, 0.25) is 0 Å². The van der Waals surface area contributed by atoms with Gasteiger partial charge >= 0.3 is 0 Å². The summed E-state index contributed by atoms with van der Waals surface area (Å²) in [7, 11) is 1.68. The number of halogens is 2. The number of aromatic amines is 1. The number of aryl methyl sites for hydroxylation is 3. The Morgan fingerprint density at radius 2 is 2.08 bits per heavy atom. The Kier molecular flexibility index (Phi) is 8.12. The van der Waals surface area contributed by atoms with Crippen LogP contribution in [-0.4, -0.2) is 39.8 Å². The third-order valence-electron chi connectivity index (χ3n) is 4.84. The number of fused-ring (bicyclic) bond motifs is 1. The molecule has 0 aliphatic carbocycles. The van der Waals surface area contributed by atoms with Crippen LogP contribution in [0.15, 0.2) is 4.79 Å². The van der Waals surface area contributed by atoms with Gasteiger partial charge < -0.3 is 10.6 Å². The number of pyridine rings is 1. The van der Waals surface area contributed by atoms with Crippen LogP contribution >= 0.6 is 24.8 Å². The maximum atomic E-state index is 12.2. The van der Waals surface area contributed by atoms with E-state index in [0.717, 1.165) is 42.8 Å². The quantitative estimate of drug-likeness (QED) is 0.721. The molecule has 3 N–H and O–H groups in total. The fourth-order valence-corrected chi connectivity index (χ4v) is 3.49. The van der Waals surface area contributed by atoms with Crippen LogP contribution in [0.25, 0.3) is 11.0 Å². The van der Waals surface area contributed by atoms with Gasteiger partial charge in [0, 0.05) is 31.7 Å². The number of nitrogens with one attached hydrogen (secondary N) is 3. The van der Waals surface area contributed by atoms with Crippen LogP contribution in [0.4, 0.5) is 0 Å². The van der Waals surface area contributed by atoms with E-state index in [1.54, 1.807) is 7.05 Å². The number of nitrogens with zero attached hydrogens (tertiary/aromatic N) is 2. The number of hydrogen-bond acceptors (Lipinski definition) is 4. The van der Waals surface area contributed by atoms with Gasteiger partial charge in [-0.3, -0.25) is 19.4 Å². The van der Waals surface area contributed by atoms with Gasteiger partial charge in [0.25, 0.3) is 5.56 Å². The minimum absolute atomic E-state index is 0. The van der Waals surface area contributed by atoms with Crippen molar-refractivity contribution >= 4 is 41.8 Å². The molecule has 1 aliphatic rings. The average Bonchev–Trinajstić information content (AvgIpc) is 2.82. The SMILES string of the molecule is Cc1nc2[nH]n(C)c(=O)c2c(C)c1CCC(=O)N[C@H]1CCCNC1.Cl.Cl. The maximum absolute atomic E-state index is 12.2. The van der Waals surface area contributed by atoms with Crippen LogP contribution in [0.3, 0.4) is 0 Å². The largest absolute Gasteiger partial charge is 0.352 e. The van der Waals surface area contributed by atoms with Gasteiger partial charge in [-0.25, -0.2) is 4.98 Å². The molecule has 26 heavy (non-hydrogen) atoms. The van der Waals surface area contributed by atoms with E-state index in [-0.39, 0.29) is 42.3 Å². The number of amides is 1. The summed E-state index contributed by atoms with van der Waals surface area (Å²) in [6.07, 6.45) is 3.14. The summed E-state index contributed by atoms with van der Waals surface area (Å²) in [5.41, 5.74) is 3.32. The van der Waals surface area contributed by atoms with Crippen molar-refractivity contribution in [2.24, 2.45) is 7.05 Å². The van der Waals surface area contributed by atoms with E-state index in [2.05, 4.69) is 20.7 Å². The predicted octanol–water partition coefficient (Wildman–Crippen LogP) is 1.52. The van der Waals surface area contributed by atoms with Crippen LogP contribution in [0, 0.1) is 13.8 Å². The van der Waals surface area contributed by atoms with E-state index in [0.29, 0.717) is 23.9 Å². The van der Waals surface area contributed by atoms with Gasteiger partial charge in [0.05, 0.1) is 5.39 Å². The summed E-state index contributed by atoms with van der Waals surface area (Å²) in [4.78, 5) is 28.9. The number of hydrogen-bond donors (Lipinski definition) is 3. The molecule has 9 heteroatoms. The first-order chi connectivity index (χ1) is 11.5. The topological polar surface area (TPSA) is 91.8 Å². The molecule has 1 fully saturated rings. The summed E-state index contributed by atoms with van der Waals surface area (Å²) < 4.78 is 1.44. The van der Waals surface area contributed by atoms with Crippen molar-refractivity contribution in [3.05, 3.63) is 27.2 Å². The molecular formula is C17H27Cl2N5O2. The summed E-state index contributed by atoms with van der Waals surface area (Å²) >= 11 is 0. The number of piperidine rings is 1. The number of rotatable bonds is 4. The zero-order valence-electron chi connectivity index (χ0n) is 15.3. The lowest BCUT2D eigenvalue weighted by Gasteiger charge is -2.23. The molecule has 0 radical (unpaired) electrons. The molecule has 3 heterocycles. The molecule has 2 aromatic rings. The molecule has 146 valence electrons. The second-order valence-corrected chi connectivity index (χ2v) is 6.61. The van der Waals surface area contributed by atoms with Crippen molar-refractivity contribution in [2.45, 2.75) is 45.6 Å². The van der Waals surface area contributed by atoms with Crippen molar-refractivity contribution in [3.63, 3.8) is 0 Å². The number of H-pyrrole nitrogens is 1. The minimum atomic E-state index is -0.0750. The third-order valence-corrected chi connectivity index (χ3v) is 4.84. The monoisotopic (exact) mass is 403 g/mol. The van der Waals surface area contributed by atoms with E-state index in [1.807, 2.05) is 13.8 Å². The maximum Gasteiger partial charge on any atom is 0.276 e. The Balaban J connectivity index is 0.00000169. The van der Waals surface area contributed by atoms with E-state index >= 15 is 0 Å². The number of aromatic nitrogens is 3. The molecule has 0 bridgehead atoms. The molecule has 2 aromatic heterocycles. The summed E-state index contributed by atoms with van der Waals surface area (Å²) in [5.74, 6) is 0.0598. The van der Waals surface area contributed by atoms with Crippen molar-refractivity contribution in [3.8, 4) is 0 Å².